The molecule has 7 heteroatoms. The highest BCUT2D eigenvalue weighted by Crippen LogP contribution is 2.19. The molecule has 0 bridgehead atoms. The van der Waals surface area contributed by atoms with E-state index in [2.05, 4.69) is 34.4 Å². The van der Waals surface area contributed by atoms with Crippen molar-refractivity contribution in [3.63, 3.8) is 0 Å². The second-order valence-electron chi connectivity index (χ2n) is 6.45. The Hall–Kier alpha value is -0.820. The molecule has 0 saturated carbocycles. The maximum atomic E-state index is 11.5. The summed E-state index contributed by atoms with van der Waals surface area (Å²) < 4.78 is 23.0. The molecular weight excluding hydrogens is 300 g/mol. The lowest BCUT2D eigenvalue weighted by Crippen LogP contribution is -2.55. The molecule has 2 N–H and O–H groups in total. The van der Waals surface area contributed by atoms with Crippen molar-refractivity contribution < 1.29 is 8.42 Å². The van der Waals surface area contributed by atoms with Crippen molar-refractivity contribution in [3.8, 4) is 0 Å². The fraction of sp³-hybridized carbons (Fsp3) is 0.933. The second kappa shape index (κ2) is 8.72. The van der Waals surface area contributed by atoms with Crippen molar-refractivity contribution in [1.82, 2.24) is 15.5 Å². The molecule has 0 atom stereocenters. The summed E-state index contributed by atoms with van der Waals surface area (Å²) in [6.45, 7) is 9.61. The summed E-state index contributed by atoms with van der Waals surface area (Å²) in [5.74, 6) is 0.985. The van der Waals surface area contributed by atoms with Gasteiger partial charge in [-0.05, 0) is 39.8 Å². The summed E-state index contributed by atoms with van der Waals surface area (Å²) in [5, 5.41) is 6.39. The number of hydrogen-bond acceptors (Lipinski definition) is 4. The topological polar surface area (TPSA) is 73.8 Å². The van der Waals surface area contributed by atoms with E-state index in [1.165, 1.54) is 19.3 Å². The van der Waals surface area contributed by atoms with E-state index in [0.717, 1.165) is 19.6 Å². The van der Waals surface area contributed by atoms with Crippen LogP contribution in [0.25, 0.3) is 0 Å². The predicted octanol–water partition coefficient (Wildman–Crippen LogP) is 0.851. The molecule has 6 nitrogen and oxygen atoms in total. The molecule has 1 aliphatic heterocycles. The lowest BCUT2D eigenvalue weighted by Gasteiger charge is -2.41. The van der Waals surface area contributed by atoms with Crippen LogP contribution in [0.1, 0.15) is 40.0 Å². The van der Waals surface area contributed by atoms with Crippen molar-refractivity contribution >= 4 is 15.8 Å². The van der Waals surface area contributed by atoms with Gasteiger partial charge in [-0.15, -0.1) is 0 Å². The van der Waals surface area contributed by atoms with Crippen LogP contribution in [0.3, 0.4) is 0 Å². The second-order valence-corrected chi connectivity index (χ2v) is 8.92. The molecule has 1 saturated heterocycles. The average Bonchev–Trinajstić information content (AvgIpc) is 2.51. The molecule has 1 aliphatic rings. The van der Waals surface area contributed by atoms with E-state index in [0.29, 0.717) is 12.5 Å². The number of piperidine rings is 1. The van der Waals surface area contributed by atoms with Crippen molar-refractivity contribution in [2.75, 3.05) is 44.7 Å². The van der Waals surface area contributed by atoms with Gasteiger partial charge in [0.25, 0.3) is 0 Å². The molecule has 1 fully saturated rings. The fourth-order valence-electron chi connectivity index (χ4n) is 2.60. The molecule has 0 radical (unpaired) electrons. The van der Waals surface area contributed by atoms with E-state index in [1.807, 2.05) is 0 Å². The first kappa shape index (κ1) is 19.2. The predicted molar refractivity (Wildman–Crippen MR) is 93.2 cm³/mol. The van der Waals surface area contributed by atoms with Crippen LogP contribution in [0.4, 0.5) is 0 Å². The summed E-state index contributed by atoms with van der Waals surface area (Å²) >= 11 is 0. The number of rotatable bonds is 7. The highest BCUT2D eigenvalue weighted by molar-refractivity contribution is 7.91. The number of hydrogen-bond donors (Lipinski definition) is 2. The van der Waals surface area contributed by atoms with Gasteiger partial charge in [-0.3, -0.25) is 9.89 Å². The summed E-state index contributed by atoms with van der Waals surface area (Å²) in [5.41, 5.74) is 0.0630. The van der Waals surface area contributed by atoms with Gasteiger partial charge in [-0.1, -0.05) is 13.3 Å². The Kier molecular flexibility index (Phi) is 7.62. The van der Waals surface area contributed by atoms with Crippen molar-refractivity contribution in [1.29, 1.82) is 0 Å². The molecular formula is C15H32N4O2S. The van der Waals surface area contributed by atoms with Crippen molar-refractivity contribution in [2.24, 2.45) is 4.99 Å². The van der Waals surface area contributed by atoms with Crippen molar-refractivity contribution in [2.45, 2.75) is 45.6 Å². The first-order valence-electron chi connectivity index (χ1n) is 8.21. The van der Waals surface area contributed by atoms with Gasteiger partial charge < -0.3 is 10.6 Å². The van der Waals surface area contributed by atoms with Gasteiger partial charge in [0.2, 0.25) is 0 Å². The number of sulfone groups is 1. The zero-order valence-corrected chi connectivity index (χ0v) is 15.3. The largest absolute Gasteiger partial charge is 0.355 e. The van der Waals surface area contributed by atoms with E-state index < -0.39 is 9.84 Å². The Labute approximate surface area is 135 Å². The lowest BCUT2D eigenvalue weighted by molar-refractivity contribution is 0.0982. The quantitative estimate of drug-likeness (QED) is 0.534. The highest BCUT2D eigenvalue weighted by atomic mass is 32.2. The number of guanidine groups is 1. The molecule has 0 aromatic rings. The third-order valence-electron chi connectivity index (χ3n) is 4.27. The van der Waals surface area contributed by atoms with E-state index in [-0.39, 0.29) is 17.0 Å². The summed E-state index contributed by atoms with van der Waals surface area (Å²) in [6.07, 6.45) is 3.87. The number of likely N-dealkylation sites (tertiary alicyclic amines) is 1. The summed E-state index contributed by atoms with van der Waals surface area (Å²) in [7, 11) is -1.23. The smallest absolute Gasteiger partial charge is 0.191 e. The van der Waals surface area contributed by atoms with Gasteiger partial charge in [-0.25, -0.2) is 8.42 Å². The van der Waals surface area contributed by atoms with Crippen LogP contribution in [0.15, 0.2) is 4.99 Å². The minimum absolute atomic E-state index is 0.0630. The van der Waals surface area contributed by atoms with Crippen LogP contribution in [-0.4, -0.2) is 69.5 Å². The van der Waals surface area contributed by atoms with E-state index in [4.69, 9.17) is 0 Å². The van der Waals surface area contributed by atoms with Crippen molar-refractivity contribution in [3.05, 3.63) is 0 Å². The van der Waals surface area contributed by atoms with E-state index >= 15 is 0 Å². The number of nitrogens with zero attached hydrogens (tertiary/aromatic N) is 2. The van der Waals surface area contributed by atoms with Gasteiger partial charge in [0.15, 0.2) is 15.8 Å². The molecule has 0 amide bonds. The third kappa shape index (κ3) is 6.52. The standard InChI is InChI=1S/C15H32N4O2S/c1-5-22(20,21)12-9-17-14(16-4)18-13-15(2,3)19-10-7-6-8-11-19/h5-13H2,1-4H3,(H2,16,17,18). The van der Waals surface area contributed by atoms with Crippen LogP contribution < -0.4 is 10.6 Å². The third-order valence-corrected chi connectivity index (χ3v) is 5.98. The van der Waals surface area contributed by atoms with Gasteiger partial charge in [-0.2, -0.15) is 0 Å². The molecule has 1 rings (SSSR count). The van der Waals surface area contributed by atoms with Crippen LogP contribution in [0, 0.1) is 0 Å². The number of nitrogens with one attached hydrogen (secondary N) is 2. The van der Waals surface area contributed by atoms with Gasteiger partial charge in [0, 0.05) is 31.4 Å². The maximum Gasteiger partial charge on any atom is 0.191 e. The van der Waals surface area contributed by atoms with Gasteiger partial charge >= 0.3 is 0 Å². The Morgan fingerprint density at radius 1 is 1.18 bits per heavy atom. The van der Waals surface area contributed by atoms with Crippen LogP contribution >= 0.6 is 0 Å². The first-order valence-corrected chi connectivity index (χ1v) is 10.0. The molecule has 0 aliphatic carbocycles. The SMILES string of the molecule is CCS(=O)(=O)CCNC(=NC)NCC(C)(C)N1CCCCC1. The van der Waals surface area contributed by atoms with Crippen LogP contribution in [0.2, 0.25) is 0 Å². The minimum Gasteiger partial charge on any atom is -0.355 e. The monoisotopic (exact) mass is 332 g/mol. The maximum absolute atomic E-state index is 11.5. The van der Waals surface area contributed by atoms with Gasteiger partial charge in [0.05, 0.1) is 5.75 Å². The summed E-state index contributed by atoms with van der Waals surface area (Å²) in [6, 6.07) is 0. The van der Waals surface area contributed by atoms with Gasteiger partial charge in [0.1, 0.15) is 0 Å². The zero-order valence-electron chi connectivity index (χ0n) is 14.5. The summed E-state index contributed by atoms with van der Waals surface area (Å²) in [4.78, 5) is 6.67. The van der Waals surface area contributed by atoms with E-state index in [9.17, 15) is 8.42 Å². The molecule has 0 spiro atoms. The Bertz CT molecular complexity index is 454. The molecule has 0 unspecified atom stereocenters. The fourth-order valence-corrected chi connectivity index (χ4v) is 3.30. The molecule has 130 valence electrons. The number of aliphatic imine (C=N–C) groups is 1. The average molecular weight is 333 g/mol. The highest BCUT2D eigenvalue weighted by Gasteiger charge is 2.27. The Morgan fingerprint density at radius 2 is 1.82 bits per heavy atom. The lowest BCUT2D eigenvalue weighted by atomic mass is 9.98. The molecule has 0 aromatic heterocycles. The zero-order chi connectivity index (χ0) is 16.6. The minimum atomic E-state index is -2.94. The van der Waals surface area contributed by atoms with E-state index in [1.54, 1.807) is 14.0 Å². The van der Waals surface area contributed by atoms with Crippen LogP contribution in [0.5, 0.6) is 0 Å². The van der Waals surface area contributed by atoms with Crippen LogP contribution in [-0.2, 0) is 9.84 Å². The molecule has 22 heavy (non-hydrogen) atoms. The normalized spacial score (nSPS) is 18.3. The Balaban J connectivity index is 2.39. The Morgan fingerprint density at radius 3 is 2.36 bits per heavy atom. The molecule has 0 aromatic carbocycles. The molecule has 1 heterocycles. The first-order chi connectivity index (χ1) is 10.3.